The zero-order chi connectivity index (χ0) is 10.9. The van der Waals surface area contributed by atoms with Crippen molar-refractivity contribution in [3.63, 3.8) is 0 Å². The van der Waals surface area contributed by atoms with Crippen molar-refractivity contribution in [1.82, 2.24) is 4.98 Å². The number of carbonyl (C=O) groups excluding carboxylic acids is 1. The molecule has 0 aliphatic heterocycles. The third-order valence-electron chi connectivity index (χ3n) is 1.35. The van der Waals surface area contributed by atoms with Crippen LogP contribution in [0.25, 0.3) is 0 Å². The Morgan fingerprint density at radius 3 is 2.43 bits per heavy atom. The van der Waals surface area contributed by atoms with Crippen LogP contribution in [0, 0.1) is 11.6 Å². The minimum Gasteiger partial charge on any atom is -0.274 e. The molecule has 0 saturated heterocycles. The SMILES string of the molecule is O=C(Cl)c1cc(F)c(F)c(C(F)F)n1. The Bertz CT molecular complexity index is 382. The fraction of sp³-hybridized carbons (Fsp3) is 0.143. The van der Waals surface area contributed by atoms with Crippen LogP contribution in [0.2, 0.25) is 0 Å². The number of hydrogen-bond acceptors (Lipinski definition) is 2. The van der Waals surface area contributed by atoms with Crippen molar-refractivity contribution in [2.24, 2.45) is 0 Å². The lowest BCUT2D eigenvalue weighted by Gasteiger charge is -2.03. The van der Waals surface area contributed by atoms with Gasteiger partial charge in [0.1, 0.15) is 11.4 Å². The summed E-state index contributed by atoms with van der Waals surface area (Å²) in [5.74, 6) is -3.36. The third-order valence-corrected chi connectivity index (χ3v) is 1.54. The van der Waals surface area contributed by atoms with Crippen molar-refractivity contribution in [2.75, 3.05) is 0 Å². The standard InChI is InChI=1S/C7H2ClF4NO/c8-6(14)3-1-2(9)4(10)5(13-3)7(11)12/h1,7H. The number of nitrogens with zero attached hydrogens (tertiary/aromatic N) is 1. The molecule has 1 rings (SSSR count). The molecule has 0 radical (unpaired) electrons. The minimum atomic E-state index is -3.31. The van der Waals surface area contributed by atoms with E-state index < -0.39 is 34.7 Å². The summed E-state index contributed by atoms with van der Waals surface area (Å²) in [7, 11) is 0. The molecule has 0 amide bonds. The van der Waals surface area contributed by atoms with Gasteiger partial charge in [0.25, 0.3) is 11.7 Å². The summed E-state index contributed by atoms with van der Waals surface area (Å²) >= 11 is 4.87. The molecular weight excluding hydrogens is 226 g/mol. The van der Waals surface area contributed by atoms with Gasteiger partial charge in [0.15, 0.2) is 11.6 Å². The number of rotatable bonds is 2. The highest BCUT2D eigenvalue weighted by atomic mass is 35.5. The van der Waals surface area contributed by atoms with Crippen molar-refractivity contribution >= 4 is 16.8 Å². The average molecular weight is 228 g/mol. The Morgan fingerprint density at radius 2 is 2.00 bits per heavy atom. The van der Waals surface area contributed by atoms with Gasteiger partial charge in [0.2, 0.25) is 0 Å². The maximum Gasteiger partial charge on any atom is 0.283 e. The molecule has 0 aliphatic carbocycles. The molecule has 0 bridgehead atoms. The van der Waals surface area contributed by atoms with Crippen molar-refractivity contribution in [2.45, 2.75) is 6.43 Å². The highest BCUT2D eigenvalue weighted by molar-refractivity contribution is 6.67. The number of aromatic nitrogens is 1. The molecule has 1 aromatic rings. The van der Waals surface area contributed by atoms with Gasteiger partial charge in [-0.2, -0.15) is 0 Å². The van der Waals surface area contributed by atoms with Gasteiger partial charge >= 0.3 is 0 Å². The van der Waals surface area contributed by atoms with Gasteiger partial charge < -0.3 is 0 Å². The van der Waals surface area contributed by atoms with E-state index in [9.17, 15) is 22.4 Å². The van der Waals surface area contributed by atoms with Crippen LogP contribution in [0.5, 0.6) is 0 Å². The number of pyridine rings is 1. The van der Waals surface area contributed by atoms with Gasteiger partial charge in [-0.1, -0.05) is 0 Å². The van der Waals surface area contributed by atoms with E-state index in [-0.39, 0.29) is 0 Å². The van der Waals surface area contributed by atoms with Crippen LogP contribution in [0.3, 0.4) is 0 Å². The summed E-state index contributed by atoms with van der Waals surface area (Å²) in [5.41, 5.74) is -2.17. The fourth-order valence-corrected chi connectivity index (χ4v) is 0.859. The number of halogens is 5. The highest BCUT2D eigenvalue weighted by Gasteiger charge is 2.21. The molecule has 2 nitrogen and oxygen atoms in total. The zero-order valence-corrected chi connectivity index (χ0v) is 7.16. The van der Waals surface area contributed by atoms with Crippen LogP contribution < -0.4 is 0 Å². The minimum absolute atomic E-state index is 0.358. The molecule has 0 aliphatic rings. The van der Waals surface area contributed by atoms with E-state index in [0.29, 0.717) is 6.07 Å². The second-order valence-electron chi connectivity index (χ2n) is 2.26. The summed E-state index contributed by atoms with van der Waals surface area (Å²) in [6.45, 7) is 0. The quantitative estimate of drug-likeness (QED) is 0.574. The van der Waals surface area contributed by atoms with Gasteiger partial charge in [0.05, 0.1) is 0 Å². The smallest absolute Gasteiger partial charge is 0.274 e. The molecule has 0 aromatic carbocycles. The second kappa shape index (κ2) is 3.91. The summed E-state index contributed by atoms with van der Waals surface area (Å²) in [6, 6.07) is 0.358. The van der Waals surface area contributed by atoms with Crippen molar-refractivity contribution in [3.05, 3.63) is 29.1 Å². The molecule has 0 fully saturated rings. The van der Waals surface area contributed by atoms with Crippen molar-refractivity contribution in [3.8, 4) is 0 Å². The lowest BCUT2D eigenvalue weighted by atomic mass is 10.3. The number of carbonyl (C=O) groups is 1. The molecule has 0 unspecified atom stereocenters. The summed E-state index contributed by atoms with van der Waals surface area (Å²) < 4.78 is 49.3. The first-order valence-electron chi connectivity index (χ1n) is 3.27. The van der Waals surface area contributed by atoms with E-state index in [1.165, 1.54) is 0 Å². The van der Waals surface area contributed by atoms with E-state index >= 15 is 0 Å². The summed E-state index contributed by atoms with van der Waals surface area (Å²) in [5, 5.41) is -1.23. The van der Waals surface area contributed by atoms with Crippen LogP contribution in [-0.4, -0.2) is 10.2 Å². The molecule has 7 heteroatoms. The number of hydrogen-bond donors (Lipinski definition) is 0. The average Bonchev–Trinajstić information content (AvgIpc) is 2.08. The highest BCUT2D eigenvalue weighted by Crippen LogP contribution is 2.22. The molecule has 1 heterocycles. The maximum absolute atomic E-state index is 12.6. The van der Waals surface area contributed by atoms with Gasteiger partial charge in [-0.3, -0.25) is 4.79 Å². The van der Waals surface area contributed by atoms with Gasteiger partial charge in [-0.05, 0) is 11.6 Å². The van der Waals surface area contributed by atoms with E-state index in [1.807, 2.05) is 0 Å². The third kappa shape index (κ3) is 2.01. The van der Waals surface area contributed by atoms with Gasteiger partial charge in [-0.25, -0.2) is 22.5 Å². The zero-order valence-electron chi connectivity index (χ0n) is 6.40. The molecule has 0 saturated carbocycles. The summed E-state index contributed by atoms with van der Waals surface area (Å²) in [4.78, 5) is 13.3. The Hall–Kier alpha value is -1.17. The monoisotopic (exact) mass is 227 g/mol. The Balaban J connectivity index is 3.35. The molecule has 1 aromatic heterocycles. The second-order valence-corrected chi connectivity index (χ2v) is 2.61. The van der Waals surface area contributed by atoms with Crippen LogP contribution >= 0.6 is 11.6 Å². The normalized spacial score (nSPS) is 10.7. The van der Waals surface area contributed by atoms with E-state index in [2.05, 4.69) is 4.98 Å². The van der Waals surface area contributed by atoms with Crippen LogP contribution in [0.15, 0.2) is 6.07 Å². The topological polar surface area (TPSA) is 30.0 Å². The predicted molar refractivity (Wildman–Crippen MR) is 39.3 cm³/mol. The van der Waals surface area contributed by atoms with Crippen LogP contribution in [0.1, 0.15) is 22.6 Å². The lowest BCUT2D eigenvalue weighted by molar-refractivity contribution is 0.107. The molecule has 0 N–H and O–H groups in total. The maximum atomic E-state index is 12.6. The van der Waals surface area contributed by atoms with Gasteiger partial charge in [0, 0.05) is 6.07 Å². The van der Waals surface area contributed by atoms with Crippen molar-refractivity contribution < 1.29 is 22.4 Å². The van der Waals surface area contributed by atoms with E-state index in [1.54, 1.807) is 0 Å². The molecule has 0 atom stereocenters. The molecule has 14 heavy (non-hydrogen) atoms. The number of alkyl halides is 2. The first-order chi connectivity index (χ1) is 6.43. The van der Waals surface area contributed by atoms with Crippen LogP contribution in [0.4, 0.5) is 17.6 Å². The van der Waals surface area contributed by atoms with E-state index in [4.69, 9.17) is 11.6 Å². The predicted octanol–water partition coefficient (Wildman–Crippen LogP) is 2.68. The van der Waals surface area contributed by atoms with Crippen molar-refractivity contribution in [1.29, 1.82) is 0 Å². The molecule has 0 spiro atoms. The summed E-state index contributed by atoms with van der Waals surface area (Å²) in [6.07, 6.45) is -3.31. The van der Waals surface area contributed by atoms with Crippen LogP contribution in [-0.2, 0) is 0 Å². The Morgan fingerprint density at radius 1 is 1.43 bits per heavy atom. The fourth-order valence-electron chi connectivity index (χ4n) is 0.762. The Kier molecular flexibility index (Phi) is 3.05. The molecule has 76 valence electrons. The Labute approximate surface area is 80.5 Å². The molecular formula is C7H2ClF4NO. The first kappa shape index (κ1) is 10.9. The lowest BCUT2D eigenvalue weighted by Crippen LogP contribution is -2.05. The first-order valence-corrected chi connectivity index (χ1v) is 3.65. The largest absolute Gasteiger partial charge is 0.283 e. The van der Waals surface area contributed by atoms with E-state index in [0.717, 1.165) is 0 Å². The van der Waals surface area contributed by atoms with Gasteiger partial charge in [-0.15, -0.1) is 0 Å².